The van der Waals surface area contributed by atoms with Gasteiger partial charge in [0, 0.05) is 25.6 Å². The van der Waals surface area contributed by atoms with E-state index in [2.05, 4.69) is 14.9 Å². The van der Waals surface area contributed by atoms with E-state index < -0.39 is 11.6 Å². The minimum atomic E-state index is -0.472. The Morgan fingerprint density at radius 2 is 1.83 bits per heavy atom. The van der Waals surface area contributed by atoms with Gasteiger partial charge in [0.05, 0.1) is 23.3 Å². The predicted octanol–water partition coefficient (Wildman–Crippen LogP) is 5.23. The van der Waals surface area contributed by atoms with E-state index in [1.807, 2.05) is 36.4 Å². The minimum absolute atomic E-state index is 0.0410. The quantitative estimate of drug-likeness (QED) is 0.411. The van der Waals surface area contributed by atoms with Crippen molar-refractivity contribution in [1.29, 1.82) is 0 Å². The summed E-state index contributed by atoms with van der Waals surface area (Å²) in [5.74, 6) is -0.165. The molecule has 2 aliphatic heterocycles. The number of anilines is 1. The Morgan fingerprint density at radius 3 is 2.66 bits per heavy atom. The van der Waals surface area contributed by atoms with Gasteiger partial charge in [-0.15, -0.1) is 0 Å². The number of nitrogens with zero attached hydrogens (tertiary/aromatic N) is 4. The average molecular weight is 471 g/mol. The first-order valence-corrected chi connectivity index (χ1v) is 11.8. The zero-order valence-electron chi connectivity index (χ0n) is 19.3. The van der Waals surface area contributed by atoms with E-state index in [0.29, 0.717) is 41.5 Å². The summed E-state index contributed by atoms with van der Waals surface area (Å²) in [6.45, 7) is 3.50. The predicted molar refractivity (Wildman–Crippen MR) is 131 cm³/mol. The molecule has 0 radical (unpaired) electrons. The number of para-hydroxylation sites is 1. The monoisotopic (exact) mass is 470 g/mol. The number of hydrogen-bond acceptors (Lipinski definition) is 4. The van der Waals surface area contributed by atoms with Crippen LogP contribution < -0.4 is 4.90 Å². The molecule has 1 aromatic heterocycles. The highest BCUT2D eigenvalue weighted by atomic mass is 19.1. The lowest BCUT2D eigenvalue weighted by atomic mass is 9.82. The SMILES string of the molecule is Cc1ccc(-c2ccccc2)c(C(=O)N2CCC3CN(c4cnc5cccc(F)c5n4)[C@@H]3C2)c1F. The second kappa shape index (κ2) is 8.41. The first-order valence-electron chi connectivity index (χ1n) is 11.8. The Kier molecular flexibility index (Phi) is 5.20. The summed E-state index contributed by atoms with van der Waals surface area (Å²) in [4.78, 5) is 26.4. The van der Waals surface area contributed by atoms with Crippen LogP contribution in [0.1, 0.15) is 22.3 Å². The van der Waals surface area contributed by atoms with Gasteiger partial charge in [0.25, 0.3) is 5.91 Å². The van der Waals surface area contributed by atoms with E-state index >= 15 is 4.39 Å². The number of aryl methyl sites for hydroxylation is 1. The summed E-state index contributed by atoms with van der Waals surface area (Å²) in [6.07, 6.45) is 2.49. The fraction of sp³-hybridized carbons (Fsp3) is 0.250. The Morgan fingerprint density at radius 1 is 1.00 bits per heavy atom. The van der Waals surface area contributed by atoms with Gasteiger partial charge in [-0.1, -0.05) is 48.5 Å². The molecule has 0 saturated carbocycles. The Balaban J connectivity index is 1.30. The third-order valence-corrected chi connectivity index (χ3v) is 7.28. The highest BCUT2D eigenvalue weighted by Crippen LogP contribution is 2.37. The van der Waals surface area contributed by atoms with E-state index in [4.69, 9.17) is 0 Å². The summed E-state index contributed by atoms with van der Waals surface area (Å²) in [6, 6.07) is 17.7. The number of aromatic nitrogens is 2. The van der Waals surface area contributed by atoms with Gasteiger partial charge in [0.15, 0.2) is 5.82 Å². The van der Waals surface area contributed by atoms with Crippen LogP contribution in [0.4, 0.5) is 14.6 Å². The van der Waals surface area contributed by atoms with Gasteiger partial charge in [-0.05, 0) is 42.2 Å². The third-order valence-electron chi connectivity index (χ3n) is 7.28. The molecule has 3 heterocycles. The number of benzene rings is 3. The number of rotatable bonds is 3. The Bertz CT molecular complexity index is 1440. The average Bonchev–Trinajstić information content (AvgIpc) is 2.87. The number of likely N-dealkylation sites (tertiary alicyclic amines) is 1. The van der Waals surface area contributed by atoms with Crippen LogP contribution in [-0.4, -0.2) is 46.5 Å². The van der Waals surface area contributed by atoms with E-state index in [1.54, 1.807) is 36.2 Å². The fourth-order valence-electron chi connectivity index (χ4n) is 5.28. The molecule has 6 rings (SSSR count). The molecule has 0 aliphatic carbocycles. The number of fused-ring (bicyclic) bond motifs is 2. The first-order chi connectivity index (χ1) is 17.0. The summed E-state index contributed by atoms with van der Waals surface area (Å²) < 4.78 is 29.6. The zero-order valence-corrected chi connectivity index (χ0v) is 19.3. The summed E-state index contributed by atoms with van der Waals surface area (Å²) in [7, 11) is 0. The summed E-state index contributed by atoms with van der Waals surface area (Å²) in [5.41, 5.74) is 2.72. The van der Waals surface area contributed by atoms with Crippen LogP contribution in [0.5, 0.6) is 0 Å². The molecule has 0 N–H and O–H groups in total. The number of amides is 1. The molecule has 5 nitrogen and oxygen atoms in total. The van der Waals surface area contributed by atoms with E-state index in [0.717, 1.165) is 18.5 Å². The van der Waals surface area contributed by atoms with Crippen molar-refractivity contribution in [1.82, 2.24) is 14.9 Å². The number of carbonyl (C=O) groups excluding carboxylic acids is 1. The van der Waals surface area contributed by atoms with Crippen molar-refractivity contribution in [3.8, 4) is 11.1 Å². The molecule has 1 amide bonds. The molecule has 0 spiro atoms. The second-order valence-electron chi connectivity index (χ2n) is 9.34. The molecule has 2 atom stereocenters. The molecule has 4 aromatic rings. The molecule has 7 heteroatoms. The van der Waals surface area contributed by atoms with E-state index in [9.17, 15) is 9.18 Å². The molecule has 2 aliphatic rings. The number of carbonyl (C=O) groups is 1. The molecular formula is C28H24F2N4O. The second-order valence-corrected chi connectivity index (χ2v) is 9.34. The maximum absolute atomic E-state index is 15.4. The summed E-state index contributed by atoms with van der Waals surface area (Å²) >= 11 is 0. The van der Waals surface area contributed by atoms with Crippen molar-refractivity contribution < 1.29 is 13.6 Å². The Hall–Kier alpha value is -3.87. The lowest BCUT2D eigenvalue weighted by Crippen LogP contribution is -2.65. The molecule has 35 heavy (non-hydrogen) atoms. The third kappa shape index (κ3) is 3.62. The van der Waals surface area contributed by atoms with Crippen molar-refractivity contribution >= 4 is 22.8 Å². The highest BCUT2D eigenvalue weighted by molar-refractivity contribution is 6.01. The van der Waals surface area contributed by atoms with Gasteiger partial charge >= 0.3 is 0 Å². The van der Waals surface area contributed by atoms with E-state index in [1.165, 1.54) is 6.07 Å². The van der Waals surface area contributed by atoms with Gasteiger partial charge in [-0.3, -0.25) is 9.78 Å². The minimum Gasteiger partial charge on any atom is -0.350 e. The molecule has 2 saturated heterocycles. The van der Waals surface area contributed by atoms with Gasteiger partial charge in [0.2, 0.25) is 0 Å². The van der Waals surface area contributed by atoms with Gasteiger partial charge in [-0.2, -0.15) is 0 Å². The zero-order chi connectivity index (χ0) is 24.1. The molecule has 176 valence electrons. The van der Waals surface area contributed by atoms with Crippen LogP contribution in [0.3, 0.4) is 0 Å². The maximum Gasteiger partial charge on any atom is 0.257 e. The molecular weight excluding hydrogens is 446 g/mol. The van der Waals surface area contributed by atoms with Crippen molar-refractivity contribution in [3.63, 3.8) is 0 Å². The van der Waals surface area contributed by atoms with Crippen molar-refractivity contribution in [2.24, 2.45) is 5.92 Å². The van der Waals surface area contributed by atoms with Crippen LogP contribution in [-0.2, 0) is 0 Å². The van der Waals surface area contributed by atoms with Crippen LogP contribution in [0, 0.1) is 24.5 Å². The smallest absolute Gasteiger partial charge is 0.257 e. The van der Waals surface area contributed by atoms with Gasteiger partial charge in [-0.25, -0.2) is 13.8 Å². The highest BCUT2D eigenvalue weighted by Gasteiger charge is 2.45. The lowest BCUT2D eigenvalue weighted by Gasteiger charge is -2.54. The van der Waals surface area contributed by atoms with Crippen LogP contribution in [0.15, 0.2) is 66.9 Å². The van der Waals surface area contributed by atoms with Crippen LogP contribution >= 0.6 is 0 Å². The van der Waals surface area contributed by atoms with Crippen LogP contribution in [0.2, 0.25) is 0 Å². The summed E-state index contributed by atoms with van der Waals surface area (Å²) in [5, 5.41) is 0. The fourth-order valence-corrected chi connectivity index (χ4v) is 5.28. The number of piperidine rings is 1. The largest absolute Gasteiger partial charge is 0.350 e. The standard InChI is InChI=1S/C28H24F2N4O/c1-17-10-11-20(18-6-3-2-4-7-18)25(26(17)30)28(35)33-13-12-19-15-34(23(19)16-33)24-14-31-22-9-5-8-21(29)27(22)32-24/h2-11,14,19,23H,12-13,15-16H2,1H3/t19?,23-/m1/s1. The van der Waals surface area contributed by atoms with Gasteiger partial charge < -0.3 is 9.80 Å². The molecule has 1 unspecified atom stereocenters. The normalized spacial score (nSPS) is 19.4. The molecule has 2 fully saturated rings. The Labute approximate surface area is 202 Å². The molecule has 3 aromatic carbocycles. The van der Waals surface area contributed by atoms with Crippen molar-refractivity contribution in [2.75, 3.05) is 24.5 Å². The van der Waals surface area contributed by atoms with Gasteiger partial charge in [0.1, 0.15) is 17.2 Å². The topological polar surface area (TPSA) is 49.3 Å². The molecule has 0 bridgehead atoms. The number of hydrogen-bond donors (Lipinski definition) is 0. The number of halogens is 2. The van der Waals surface area contributed by atoms with Crippen molar-refractivity contribution in [3.05, 3.63) is 89.6 Å². The van der Waals surface area contributed by atoms with Crippen LogP contribution in [0.25, 0.3) is 22.2 Å². The van der Waals surface area contributed by atoms with E-state index in [-0.39, 0.29) is 23.0 Å². The maximum atomic E-state index is 15.4. The lowest BCUT2D eigenvalue weighted by molar-refractivity contribution is 0.0587. The first kappa shape index (κ1) is 21.6. The van der Waals surface area contributed by atoms with Crippen molar-refractivity contribution in [2.45, 2.75) is 19.4 Å².